The number of nitrogens with zero attached hydrogens (tertiary/aromatic N) is 4. The van der Waals surface area contributed by atoms with Crippen LogP contribution in [0.1, 0.15) is 35.8 Å². The number of hydrogen-bond donors (Lipinski definition) is 1. The summed E-state index contributed by atoms with van der Waals surface area (Å²) in [4.78, 5) is 0. The number of aryl methyl sites for hydroxylation is 1. The molecule has 2 rings (SSSR count). The van der Waals surface area contributed by atoms with E-state index < -0.39 is 0 Å². The fraction of sp³-hybridized carbons (Fsp3) is 0.583. The quantitative estimate of drug-likeness (QED) is 0.920. The Kier molecular flexibility index (Phi) is 3.77. The van der Waals surface area contributed by atoms with Gasteiger partial charge in [-0.1, -0.05) is 25.2 Å². The first-order valence-corrected chi connectivity index (χ1v) is 6.89. The van der Waals surface area contributed by atoms with Gasteiger partial charge in [-0.05, 0) is 26.3 Å². The van der Waals surface area contributed by atoms with Crippen molar-refractivity contribution >= 4 is 11.3 Å². The summed E-state index contributed by atoms with van der Waals surface area (Å²) < 4.78 is 1.88. The minimum atomic E-state index is 0.452. The Morgan fingerprint density at radius 1 is 1.22 bits per heavy atom. The molecule has 0 aromatic carbocycles. The van der Waals surface area contributed by atoms with E-state index in [0.717, 1.165) is 28.1 Å². The standard InChI is InChI=1S/C12H19N5S/c1-7(2)13-6-11-14-15-12(18-11)17-10(5)8(3)9(4)16-17/h7,13H,6H2,1-5H3. The number of aromatic nitrogens is 4. The second-order valence-electron chi connectivity index (χ2n) is 4.72. The zero-order valence-corrected chi connectivity index (χ0v) is 12.3. The molecule has 2 heterocycles. The maximum absolute atomic E-state index is 4.49. The molecule has 0 saturated heterocycles. The average molecular weight is 265 g/mol. The van der Waals surface area contributed by atoms with Crippen molar-refractivity contribution < 1.29 is 0 Å². The molecule has 18 heavy (non-hydrogen) atoms. The van der Waals surface area contributed by atoms with Gasteiger partial charge in [0.1, 0.15) is 5.01 Å². The molecule has 0 aliphatic carbocycles. The molecule has 0 aliphatic heterocycles. The highest BCUT2D eigenvalue weighted by atomic mass is 32.1. The van der Waals surface area contributed by atoms with Crippen molar-refractivity contribution in [3.8, 4) is 5.13 Å². The molecule has 5 nitrogen and oxygen atoms in total. The van der Waals surface area contributed by atoms with Gasteiger partial charge >= 0.3 is 0 Å². The monoisotopic (exact) mass is 265 g/mol. The predicted molar refractivity (Wildman–Crippen MR) is 73.2 cm³/mol. The van der Waals surface area contributed by atoms with E-state index in [1.807, 2.05) is 11.6 Å². The van der Waals surface area contributed by atoms with Crippen molar-refractivity contribution in [1.29, 1.82) is 0 Å². The molecule has 1 N–H and O–H groups in total. The van der Waals surface area contributed by atoms with Crippen LogP contribution in [0.15, 0.2) is 0 Å². The van der Waals surface area contributed by atoms with Gasteiger partial charge in [-0.25, -0.2) is 4.68 Å². The Bertz CT molecular complexity index is 541. The van der Waals surface area contributed by atoms with E-state index in [9.17, 15) is 0 Å². The van der Waals surface area contributed by atoms with Gasteiger partial charge < -0.3 is 5.32 Å². The summed E-state index contributed by atoms with van der Waals surface area (Å²) in [5.74, 6) is 0. The molecule has 2 aromatic rings. The fourth-order valence-corrected chi connectivity index (χ4v) is 2.39. The van der Waals surface area contributed by atoms with Crippen molar-refractivity contribution in [2.45, 2.75) is 47.2 Å². The maximum atomic E-state index is 4.49. The summed E-state index contributed by atoms with van der Waals surface area (Å²) in [6.45, 7) is 11.1. The van der Waals surface area contributed by atoms with E-state index in [4.69, 9.17) is 0 Å². The second-order valence-corrected chi connectivity index (χ2v) is 5.76. The normalized spacial score (nSPS) is 11.4. The van der Waals surface area contributed by atoms with E-state index in [0.29, 0.717) is 6.04 Å². The Hall–Kier alpha value is -1.27. The lowest BCUT2D eigenvalue weighted by atomic mass is 10.2. The van der Waals surface area contributed by atoms with E-state index in [1.165, 1.54) is 5.56 Å². The third kappa shape index (κ3) is 2.59. The lowest BCUT2D eigenvalue weighted by Gasteiger charge is -2.03. The van der Waals surface area contributed by atoms with Crippen LogP contribution in [-0.4, -0.2) is 26.0 Å². The first-order valence-electron chi connectivity index (χ1n) is 6.08. The summed E-state index contributed by atoms with van der Waals surface area (Å²) in [7, 11) is 0. The van der Waals surface area contributed by atoms with Gasteiger partial charge in [-0.2, -0.15) is 5.10 Å². The van der Waals surface area contributed by atoms with Gasteiger partial charge in [0, 0.05) is 18.3 Å². The SMILES string of the molecule is Cc1nn(-c2nnc(CNC(C)C)s2)c(C)c1C. The summed E-state index contributed by atoms with van der Waals surface area (Å²) in [5, 5.41) is 18.1. The molecule has 6 heteroatoms. The Labute approximate surface area is 111 Å². The zero-order valence-electron chi connectivity index (χ0n) is 11.5. The third-order valence-corrected chi connectivity index (χ3v) is 3.85. The molecular formula is C12H19N5S. The second kappa shape index (κ2) is 5.16. The highest BCUT2D eigenvalue weighted by molar-refractivity contribution is 7.13. The zero-order chi connectivity index (χ0) is 13.3. The van der Waals surface area contributed by atoms with E-state index in [-0.39, 0.29) is 0 Å². The van der Waals surface area contributed by atoms with Gasteiger partial charge in [0.05, 0.1) is 5.69 Å². The average Bonchev–Trinajstić information content (AvgIpc) is 2.87. The molecule has 0 saturated carbocycles. The van der Waals surface area contributed by atoms with Crippen molar-refractivity contribution in [3.05, 3.63) is 22.0 Å². The molecular weight excluding hydrogens is 246 g/mol. The number of rotatable bonds is 4. The molecule has 0 atom stereocenters. The molecule has 0 bridgehead atoms. The topological polar surface area (TPSA) is 55.6 Å². The van der Waals surface area contributed by atoms with Crippen LogP contribution in [-0.2, 0) is 6.54 Å². The Balaban J connectivity index is 2.21. The largest absolute Gasteiger partial charge is 0.308 e. The van der Waals surface area contributed by atoms with Crippen LogP contribution in [0.25, 0.3) is 5.13 Å². The first-order chi connectivity index (χ1) is 8.49. The fourth-order valence-electron chi connectivity index (χ4n) is 1.60. The molecule has 0 radical (unpaired) electrons. The van der Waals surface area contributed by atoms with Crippen LogP contribution in [0.4, 0.5) is 0 Å². The van der Waals surface area contributed by atoms with Gasteiger partial charge in [0.25, 0.3) is 0 Å². The molecule has 0 aliphatic rings. The van der Waals surface area contributed by atoms with Crippen LogP contribution in [0.3, 0.4) is 0 Å². The lowest BCUT2D eigenvalue weighted by Crippen LogP contribution is -2.21. The third-order valence-electron chi connectivity index (χ3n) is 2.95. The van der Waals surface area contributed by atoms with Gasteiger partial charge in [0.15, 0.2) is 0 Å². The maximum Gasteiger partial charge on any atom is 0.233 e. The molecule has 2 aromatic heterocycles. The van der Waals surface area contributed by atoms with Gasteiger partial charge in [-0.3, -0.25) is 0 Å². The summed E-state index contributed by atoms with van der Waals surface area (Å²) >= 11 is 1.58. The molecule has 98 valence electrons. The van der Waals surface area contributed by atoms with Crippen LogP contribution in [0, 0.1) is 20.8 Å². The Morgan fingerprint density at radius 2 is 1.94 bits per heavy atom. The number of hydrogen-bond acceptors (Lipinski definition) is 5. The lowest BCUT2D eigenvalue weighted by molar-refractivity contribution is 0.584. The molecule has 0 amide bonds. The van der Waals surface area contributed by atoms with E-state index in [2.05, 4.69) is 48.3 Å². The Morgan fingerprint density at radius 3 is 2.50 bits per heavy atom. The number of nitrogens with one attached hydrogen (secondary N) is 1. The van der Waals surface area contributed by atoms with E-state index >= 15 is 0 Å². The molecule has 0 spiro atoms. The highest BCUT2D eigenvalue weighted by Gasteiger charge is 2.13. The van der Waals surface area contributed by atoms with Gasteiger partial charge in [-0.15, -0.1) is 10.2 Å². The highest BCUT2D eigenvalue weighted by Crippen LogP contribution is 2.19. The summed E-state index contributed by atoms with van der Waals surface area (Å²) in [6, 6.07) is 0.452. The predicted octanol–water partition coefficient (Wildman–Crippen LogP) is 2.15. The van der Waals surface area contributed by atoms with Crippen molar-refractivity contribution in [2.24, 2.45) is 0 Å². The van der Waals surface area contributed by atoms with Crippen LogP contribution >= 0.6 is 11.3 Å². The minimum Gasteiger partial charge on any atom is -0.308 e. The van der Waals surface area contributed by atoms with Crippen LogP contribution < -0.4 is 5.32 Å². The van der Waals surface area contributed by atoms with Crippen molar-refractivity contribution in [2.75, 3.05) is 0 Å². The summed E-state index contributed by atoms with van der Waals surface area (Å²) in [6.07, 6.45) is 0. The van der Waals surface area contributed by atoms with Crippen molar-refractivity contribution in [3.63, 3.8) is 0 Å². The molecule has 0 fully saturated rings. The molecule has 0 unspecified atom stereocenters. The minimum absolute atomic E-state index is 0.452. The summed E-state index contributed by atoms with van der Waals surface area (Å²) in [5.41, 5.74) is 3.39. The van der Waals surface area contributed by atoms with Crippen LogP contribution in [0.5, 0.6) is 0 Å². The first kappa shape index (κ1) is 13.2. The van der Waals surface area contributed by atoms with E-state index in [1.54, 1.807) is 11.3 Å². The van der Waals surface area contributed by atoms with Crippen LogP contribution in [0.2, 0.25) is 0 Å². The smallest absolute Gasteiger partial charge is 0.233 e. The van der Waals surface area contributed by atoms with Crippen molar-refractivity contribution in [1.82, 2.24) is 25.3 Å². The van der Waals surface area contributed by atoms with Gasteiger partial charge in [0.2, 0.25) is 5.13 Å².